The van der Waals surface area contributed by atoms with E-state index >= 15 is 0 Å². The van der Waals surface area contributed by atoms with Gasteiger partial charge in [0.1, 0.15) is 11.7 Å². The molecule has 1 aliphatic heterocycles. The highest BCUT2D eigenvalue weighted by molar-refractivity contribution is 5.86. The molecule has 0 saturated carbocycles. The van der Waals surface area contributed by atoms with Gasteiger partial charge in [-0.3, -0.25) is 14.9 Å². The molecule has 0 spiro atoms. The van der Waals surface area contributed by atoms with Crippen LogP contribution in [-0.4, -0.2) is 46.6 Å². The van der Waals surface area contributed by atoms with Crippen molar-refractivity contribution in [3.8, 4) is 0 Å². The van der Waals surface area contributed by atoms with Crippen LogP contribution in [0.4, 0.5) is 11.4 Å². The third kappa shape index (κ3) is 4.43. The largest absolute Gasteiger partial charge is 0.396 e. The van der Waals surface area contributed by atoms with Crippen molar-refractivity contribution in [2.24, 2.45) is 5.92 Å². The molecule has 142 valence electrons. The fraction of sp³-hybridized carbons (Fsp3) is 0.350. The zero-order valence-electron chi connectivity index (χ0n) is 15.2. The molecule has 0 aliphatic carbocycles. The lowest BCUT2D eigenvalue weighted by atomic mass is 9.97. The maximum absolute atomic E-state index is 13.0. The molecule has 3 rings (SSSR count). The van der Waals surface area contributed by atoms with Crippen LogP contribution in [-0.2, 0) is 11.2 Å². The predicted octanol–water partition coefficient (Wildman–Crippen LogP) is 2.38. The molecule has 1 atom stereocenters. The normalized spacial score (nSPS) is 15.1. The monoisotopic (exact) mass is 369 g/mol. The Balaban J connectivity index is 1.82. The zero-order valence-corrected chi connectivity index (χ0v) is 15.2. The first-order valence-electron chi connectivity index (χ1n) is 8.93. The minimum atomic E-state index is -0.617. The molecule has 0 unspecified atom stereocenters. The summed E-state index contributed by atoms with van der Waals surface area (Å²) < 4.78 is 0. The van der Waals surface area contributed by atoms with Gasteiger partial charge in [-0.15, -0.1) is 0 Å². The maximum atomic E-state index is 13.0. The molecule has 2 aromatic carbocycles. The van der Waals surface area contributed by atoms with Crippen molar-refractivity contribution < 1.29 is 14.8 Å². The number of carbonyl (C=O) groups excluding carboxylic acids is 1. The number of hydrogen-bond donors (Lipinski definition) is 2. The van der Waals surface area contributed by atoms with Crippen LogP contribution in [0.3, 0.4) is 0 Å². The number of aliphatic hydroxyl groups is 1. The molecule has 27 heavy (non-hydrogen) atoms. The summed E-state index contributed by atoms with van der Waals surface area (Å²) in [5, 5.41) is 23.6. The second-order valence-electron chi connectivity index (χ2n) is 6.95. The van der Waals surface area contributed by atoms with Gasteiger partial charge >= 0.3 is 0 Å². The molecular weight excluding hydrogens is 346 g/mol. The van der Waals surface area contributed by atoms with E-state index in [1.165, 1.54) is 6.07 Å². The first kappa shape index (κ1) is 18.8. The first-order chi connectivity index (χ1) is 13.0. The number of para-hydroxylation sites is 2. The number of aliphatic hydroxyl groups excluding tert-OH is 1. The first-order valence-corrected chi connectivity index (χ1v) is 8.93. The van der Waals surface area contributed by atoms with Crippen LogP contribution in [0.25, 0.3) is 0 Å². The van der Waals surface area contributed by atoms with Crippen molar-refractivity contribution >= 4 is 17.3 Å². The fourth-order valence-electron chi connectivity index (χ4n) is 3.19. The van der Waals surface area contributed by atoms with Crippen LogP contribution < -0.4 is 5.32 Å². The van der Waals surface area contributed by atoms with Gasteiger partial charge in [0, 0.05) is 38.1 Å². The number of nitro benzene ring substituents is 1. The van der Waals surface area contributed by atoms with Gasteiger partial charge < -0.3 is 15.3 Å². The van der Waals surface area contributed by atoms with Gasteiger partial charge in [0.05, 0.1) is 4.92 Å². The van der Waals surface area contributed by atoms with Gasteiger partial charge in [0.15, 0.2) is 0 Å². The van der Waals surface area contributed by atoms with Gasteiger partial charge in [0.25, 0.3) is 5.69 Å². The Hall–Kier alpha value is -2.93. The van der Waals surface area contributed by atoms with E-state index < -0.39 is 11.0 Å². The molecule has 2 aromatic rings. The smallest absolute Gasteiger partial charge is 0.292 e. The van der Waals surface area contributed by atoms with Gasteiger partial charge in [-0.05, 0) is 18.6 Å². The van der Waals surface area contributed by atoms with Crippen LogP contribution in [0.5, 0.6) is 0 Å². The number of benzene rings is 2. The molecule has 1 fully saturated rings. The van der Waals surface area contributed by atoms with Crippen molar-refractivity contribution in [2.45, 2.75) is 19.4 Å². The Kier molecular flexibility index (Phi) is 5.71. The van der Waals surface area contributed by atoms with Crippen LogP contribution in [0.15, 0.2) is 48.5 Å². The highest BCUT2D eigenvalue weighted by atomic mass is 16.6. The summed E-state index contributed by atoms with van der Waals surface area (Å²) in [5.41, 5.74) is 2.37. The van der Waals surface area contributed by atoms with Crippen molar-refractivity contribution in [1.82, 2.24) is 4.90 Å². The summed E-state index contributed by atoms with van der Waals surface area (Å²) >= 11 is 0. The summed E-state index contributed by atoms with van der Waals surface area (Å²) in [5.74, 6) is -0.00142. The Labute approximate surface area is 157 Å². The summed E-state index contributed by atoms with van der Waals surface area (Å²) in [7, 11) is 0. The third-order valence-electron chi connectivity index (χ3n) is 4.82. The van der Waals surface area contributed by atoms with Gasteiger partial charge in [-0.25, -0.2) is 0 Å². The van der Waals surface area contributed by atoms with Crippen molar-refractivity contribution in [1.29, 1.82) is 0 Å². The lowest BCUT2D eigenvalue weighted by molar-refractivity contribution is -0.384. The quantitative estimate of drug-likeness (QED) is 0.577. The average molecular weight is 369 g/mol. The van der Waals surface area contributed by atoms with E-state index in [0.29, 0.717) is 25.2 Å². The van der Waals surface area contributed by atoms with Gasteiger partial charge in [-0.1, -0.05) is 42.0 Å². The third-order valence-corrected chi connectivity index (χ3v) is 4.82. The number of hydrogen-bond acceptors (Lipinski definition) is 5. The van der Waals surface area contributed by atoms with E-state index in [2.05, 4.69) is 5.32 Å². The molecular formula is C20H23N3O4. The molecule has 7 heteroatoms. The molecule has 0 bridgehead atoms. The number of nitro groups is 1. The Bertz CT molecular complexity index is 816. The fourth-order valence-corrected chi connectivity index (χ4v) is 3.19. The molecule has 0 aromatic heterocycles. The zero-order chi connectivity index (χ0) is 19.4. The van der Waals surface area contributed by atoms with E-state index in [1.807, 2.05) is 31.2 Å². The van der Waals surface area contributed by atoms with E-state index in [0.717, 1.165) is 11.1 Å². The summed E-state index contributed by atoms with van der Waals surface area (Å²) in [6.45, 7) is 3.08. The topological polar surface area (TPSA) is 95.7 Å². The molecule has 1 aliphatic rings. The lowest BCUT2D eigenvalue weighted by Gasteiger charge is -2.40. The van der Waals surface area contributed by atoms with E-state index in [-0.39, 0.29) is 24.1 Å². The summed E-state index contributed by atoms with van der Waals surface area (Å²) in [4.78, 5) is 25.5. The Morgan fingerprint density at radius 3 is 2.56 bits per heavy atom. The standard InChI is InChI=1S/C20H23N3O4/c1-14-6-8-15(9-7-14)10-18(20(25)22-11-16(12-22)13-24)21-17-4-2-3-5-19(17)23(26)27/h2-9,16,18,21,24H,10-13H2,1H3/t18-/m0/s1. The number of likely N-dealkylation sites (tertiary alicyclic amines) is 1. The summed E-state index contributed by atoms with van der Waals surface area (Å²) in [6, 6.07) is 13.6. The van der Waals surface area contributed by atoms with E-state index in [4.69, 9.17) is 0 Å². The number of amides is 1. The van der Waals surface area contributed by atoms with E-state index in [1.54, 1.807) is 23.1 Å². The summed E-state index contributed by atoms with van der Waals surface area (Å²) in [6.07, 6.45) is 0.422. The molecule has 1 saturated heterocycles. The lowest BCUT2D eigenvalue weighted by Crippen LogP contribution is -2.56. The number of aryl methyl sites for hydroxylation is 1. The van der Waals surface area contributed by atoms with Crippen molar-refractivity contribution in [2.75, 3.05) is 25.0 Å². The number of carbonyl (C=O) groups is 1. The van der Waals surface area contributed by atoms with Crippen molar-refractivity contribution in [3.05, 3.63) is 69.8 Å². The van der Waals surface area contributed by atoms with Crippen LogP contribution in [0, 0.1) is 23.0 Å². The minimum Gasteiger partial charge on any atom is -0.396 e. The van der Waals surface area contributed by atoms with E-state index in [9.17, 15) is 20.0 Å². The van der Waals surface area contributed by atoms with Crippen molar-refractivity contribution in [3.63, 3.8) is 0 Å². The Morgan fingerprint density at radius 1 is 1.26 bits per heavy atom. The average Bonchev–Trinajstić information content (AvgIpc) is 2.62. The molecule has 2 N–H and O–H groups in total. The molecule has 0 radical (unpaired) electrons. The number of rotatable bonds is 7. The van der Waals surface area contributed by atoms with Gasteiger partial charge in [0.2, 0.25) is 5.91 Å². The predicted molar refractivity (Wildman–Crippen MR) is 103 cm³/mol. The SMILES string of the molecule is Cc1ccc(C[C@H](Nc2ccccc2[N+](=O)[O-])C(=O)N2CC(CO)C2)cc1. The Morgan fingerprint density at radius 2 is 1.93 bits per heavy atom. The minimum absolute atomic E-state index is 0.0592. The number of nitrogens with one attached hydrogen (secondary N) is 1. The highest BCUT2D eigenvalue weighted by Crippen LogP contribution is 2.26. The van der Waals surface area contributed by atoms with Gasteiger partial charge in [-0.2, -0.15) is 0 Å². The van der Waals surface area contributed by atoms with Crippen LogP contribution in [0.2, 0.25) is 0 Å². The number of nitrogens with zero attached hydrogens (tertiary/aromatic N) is 2. The molecule has 1 amide bonds. The highest BCUT2D eigenvalue weighted by Gasteiger charge is 2.34. The van der Waals surface area contributed by atoms with Crippen LogP contribution in [0.1, 0.15) is 11.1 Å². The maximum Gasteiger partial charge on any atom is 0.292 e. The molecule has 1 heterocycles. The molecule has 7 nitrogen and oxygen atoms in total. The van der Waals surface area contributed by atoms with Crippen LogP contribution >= 0.6 is 0 Å². The second kappa shape index (κ2) is 8.18. The number of anilines is 1. The second-order valence-corrected chi connectivity index (χ2v) is 6.95.